The fourth-order valence-electron chi connectivity index (χ4n) is 2.40. The molecule has 0 aliphatic heterocycles. The summed E-state index contributed by atoms with van der Waals surface area (Å²) in [6, 6.07) is 5.52. The molecule has 0 unspecified atom stereocenters. The topological polar surface area (TPSA) is 101 Å². The van der Waals surface area contributed by atoms with E-state index in [1.54, 1.807) is 11.4 Å². The molecule has 0 bridgehead atoms. The first kappa shape index (κ1) is 15.2. The maximum absolute atomic E-state index is 12.4. The van der Waals surface area contributed by atoms with E-state index in [4.69, 9.17) is 5.73 Å². The third-order valence-corrected chi connectivity index (χ3v) is 4.50. The standard InChI is InChI=1S/C16H16N4O2S/c1-8-9(2)18-13-4-3-10(5-12(8)13)15(22)20-16-19-11(7-23-16)6-14(17)21/h3-5,7,18H,6H2,1-2H3,(H2,17,21)(H,19,20,22). The molecule has 7 heteroatoms. The van der Waals surface area contributed by atoms with Gasteiger partial charge >= 0.3 is 0 Å². The lowest BCUT2D eigenvalue weighted by Gasteiger charge is -2.02. The Bertz CT molecular complexity index is 910. The number of H-pyrrole nitrogens is 1. The molecule has 0 aliphatic rings. The maximum atomic E-state index is 12.4. The second kappa shape index (κ2) is 5.85. The summed E-state index contributed by atoms with van der Waals surface area (Å²) in [6.07, 6.45) is 0.0696. The average molecular weight is 328 g/mol. The van der Waals surface area contributed by atoms with Gasteiger partial charge in [-0.15, -0.1) is 11.3 Å². The number of primary amides is 1. The Balaban J connectivity index is 1.81. The Hall–Kier alpha value is -2.67. The van der Waals surface area contributed by atoms with Crippen LogP contribution in [0.2, 0.25) is 0 Å². The summed E-state index contributed by atoms with van der Waals surface area (Å²) in [5, 5.41) is 5.94. The van der Waals surface area contributed by atoms with Gasteiger partial charge in [0.1, 0.15) is 0 Å². The van der Waals surface area contributed by atoms with Crippen LogP contribution in [0.15, 0.2) is 23.6 Å². The van der Waals surface area contributed by atoms with Gasteiger partial charge in [-0.3, -0.25) is 14.9 Å². The minimum absolute atomic E-state index is 0.0696. The van der Waals surface area contributed by atoms with Gasteiger partial charge in [-0.1, -0.05) is 0 Å². The van der Waals surface area contributed by atoms with E-state index in [0.29, 0.717) is 16.4 Å². The molecule has 0 atom stereocenters. The first-order valence-corrected chi connectivity index (χ1v) is 7.95. The number of nitrogens with one attached hydrogen (secondary N) is 2. The average Bonchev–Trinajstić information content (AvgIpc) is 3.03. The number of thiazole rings is 1. The number of aryl methyl sites for hydroxylation is 2. The van der Waals surface area contributed by atoms with Crippen LogP contribution < -0.4 is 11.1 Å². The number of nitrogens with two attached hydrogens (primary N) is 1. The summed E-state index contributed by atoms with van der Waals surface area (Å²) in [5.41, 5.74) is 9.48. The maximum Gasteiger partial charge on any atom is 0.257 e. The Morgan fingerprint density at radius 1 is 1.35 bits per heavy atom. The molecule has 0 saturated heterocycles. The number of hydrogen-bond acceptors (Lipinski definition) is 4. The van der Waals surface area contributed by atoms with Gasteiger partial charge in [0.15, 0.2) is 5.13 Å². The Kier molecular flexibility index (Phi) is 3.87. The molecule has 6 nitrogen and oxygen atoms in total. The smallest absolute Gasteiger partial charge is 0.257 e. The lowest BCUT2D eigenvalue weighted by Crippen LogP contribution is -2.14. The van der Waals surface area contributed by atoms with E-state index in [1.807, 2.05) is 26.0 Å². The van der Waals surface area contributed by atoms with Crippen molar-refractivity contribution in [3.8, 4) is 0 Å². The second-order valence-corrected chi connectivity index (χ2v) is 6.23. The van der Waals surface area contributed by atoms with E-state index in [9.17, 15) is 9.59 Å². The normalized spacial score (nSPS) is 10.9. The van der Waals surface area contributed by atoms with Gasteiger partial charge in [0.05, 0.1) is 12.1 Å². The summed E-state index contributed by atoms with van der Waals surface area (Å²) in [4.78, 5) is 30.7. The number of benzene rings is 1. The summed E-state index contributed by atoms with van der Waals surface area (Å²) >= 11 is 1.27. The lowest BCUT2D eigenvalue weighted by molar-refractivity contribution is -0.117. The van der Waals surface area contributed by atoms with Gasteiger partial charge in [-0.25, -0.2) is 4.98 Å². The molecule has 2 amide bonds. The number of amides is 2. The fourth-order valence-corrected chi connectivity index (χ4v) is 3.10. The molecule has 4 N–H and O–H groups in total. The number of aromatic nitrogens is 2. The highest BCUT2D eigenvalue weighted by Gasteiger charge is 2.12. The zero-order valence-electron chi connectivity index (χ0n) is 12.8. The highest BCUT2D eigenvalue weighted by atomic mass is 32.1. The van der Waals surface area contributed by atoms with E-state index in [0.717, 1.165) is 22.2 Å². The quantitative estimate of drug-likeness (QED) is 0.686. The number of aromatic amines is 1. The molecule has 0 fully saturated rings. The first-order valence-electron chi connectivity index (χ1n) is 7.07. The summed E-state index contributed by atoms with van der Waals surface area (Å²) in [5.74, 6) is -0.679. The third-order valence-electron chi connectivity index (χ3n) is 3.70. The second-order valence-electron chi connectivity index (χ2n) is 5.38. The molecule has 3 rings (SSSR count). The van der Waals surface area contributed by atoms with Crippen LogP contribution in [0.1, 0.15) is 27.3 Å². The number of rotatable bonds is 4. The van der Waals surface area contributed by atoms with Crippen molar-refractivity contribution in [2.45, 2.75) is 20.3 Å². The third kappa shape index (κ3) is 3.09. The van der Waals surface area contributed by atoms with Crippen molar-refractivity contribution in [2.75, 3.05) is 5.32 Å². The first-order chi connectivity index (χ1) is 10.9. The minimum atomic E-state index is -0.447. The SMILES string of the molecule is Cc1[nH]c2ccc(C(=O)Nc3nc(CC(N)=O)cs3)cc2c1C. The predicted octanol–water partition coefficient (Wildman–Crippen LogP) is 2.52. The lowest BCUT2D eigenvalue weighted by atomic mass is 10.1. The number of carbonyl (C=O) groups is 2. The van der Waals surface area contributed by atoms with Gasteiger partial charge in [0, 0.05) is 27.5 Å². The summed E-state index contributed by atoms with van der Waals surface area (Å²) in [6.45, 7) is 4.03. The Morgan fingerprint density at radius 3 is 2.87 bits per heavy atom. The van der Waals surface area contributed by atoms with Crippen LogP contribution in [0.4, 0.5) is 5.13 Å². The minimum Gasteiger partial charge on any atom is -0.369 e. The molecule has 3 aromatic rings. The molecule has 2 aromatic heterocycles. The summed E-state index contributed by atoms with van der Waals surface area (Å²) in [7, 11) is 0. The van der Waals surface area contributed by atoms with E-state index in [-0.39, 0.29) is 12.3 Å². The van der Waals surface area contributed by atoms with E-state index in [1.165, 1.54) is 11.3 Å². The van der Waals surface area contributed by atoms with Crippen molar-refractivity contribution in [1.82, 2.24) is 9.97 Å². The molecule has 0 radical (unpaired) electrons. The summed E-state index contributed by atoms with van der Waals surface area (Å²) < 4.78 is 0. The number of fused-ring (bicyclic) bond motifs is 1. The van der Waals surface area contributed by atoms with Gasteiger partial charge in [0.25, 0.3) is 5.91 Å². The number of nitrogens with zero attached hydrogens (tertiary/aromatic N) is 1. The molecular weight excluding hydrogens is 312 g/mol. The molecule has 2 heterocycles. The molecule has 23 heavy (non-hydrogen) atoms. The molecule has 1 aromatic carbocycles. The number of hydrogen-bond donors (Lipinski definition) is 3. The monoisotopic (exact) mass is 328 g/mol. The van der Waals surface area contributed by atoms with E-state index < -0.39 is 5.91 Å². The van der Waals surface area contributed by atoms with Crippen LogP contribution in [-0.2, 0) is 11.2 Å². The zero-order chi connectivity index (χ0) is 16.6. The highest BCUT2D eigenvalue weighted by Crippen LogP contribution is 2.23. The van der Waals surface area contributed by atoms with Crippen LogP contribution in [0.3, 0.4) is 0 Å². The van der Waals surface area contributed by atoms with Crippen molar-refractivity contribution >= 4 is 39.2 Å². The van der Waals surface area contributed by atoms with Crippen molar-refractivity contribution in [2.24, 2.45) is 5.73 Å². The van der Waals surface area contributed by atoms with Crippen molar-refractivity contribution < 1.29 is 9.59 Å². The predicted molar refractivity (Wildman–Crippen MR) is 90.7 cm³/mol. The molecule has 0 spiro atoms. The molecular formula is C16H16N4O2S. The van der Waals surface area contributed by atoms with Crippen LogP contribution in [0.5, 0.6) is 0 Å². The van der Waals surface area contributed by atoms with E-state index >= 15 is 0 Å². The zero-order valence-corrected chi connectivity index (χ0v) is 13.6. The Morgan fingerprint density at radius 2 is 2.13 bits per heavy atom. The molecule has 0 saturated carbocycles. The van der Waals surface area contributed by atoms with Crippen molar-refractivity contribution in [1.29, 1.82) is 0 Å². The van der Waals surface area contributed by atoms with Gasteiger partial charge in [-0.2, -0.15) is 0 Å². The van der Waals surface area contributed by atoms with E-state index in [2.05, 4.69) is 15.3 Å². The van der Waals surface area contributed by atoms with Gasteiger partial charge in [-0.05, 0) is 37.6 Å². The van der Waals surface area contributed by atoms with Crippen LogP contribution in [0.25, 0.3) is 10.9 Å². The van der Waals surface area contributed by atoms with Gasteiger partial charge in [0.2, 0.25) is 5.91 Å². The van der Waals surface area contributed by atoms with Gasteiger partial charge < -0.3 is 10.7 Å². The fraction of sp³-hybridized carbons (Fsp3) is 0.188. The molecule has 0 aliphatic carbocycles. The van der Waals surface area contributed by atoms with Crippen LogP contribution in [0, 0.1) is 13.8 Å². The Labute approximate surface area is 136 Å². The largest absolute Gasteiger partial charge is 0.369 e. The van der Waals surface area contributed by atoms with Crippen molar-refractivity contribution in [3.63, 3.8) is 0 Å². The van der Waals surface area contributed by atoms with Crippen LogP contribution >= 0.6 is 11.3 Å². The van der Waals surface area contributed by atoms with Crippen molar-refractivity contribution in [3.05, 3.63) is 46.1 Å². The highest BCUT2D eigenvalue weighted by molar-refractivity contribution is 7.14. The number of carbonyl (C=O) groups excluding carboxylic acids is 2. The number of anilines is 1. The van der Waals surface area contributed by atoms with Crippen LogP contribution in [-0.4, -0.2) is 21.8 Å². The molecule has 118 valence electrons.